The van der Waals surface area contributed by atoms with Crippen molar-refractivity contribution in [2.75, 3.05) is 6.54 Å². The zero-order chi connectivity index (χ0) is 13.0. The highest BCUT2D eigenvalue weighted by Gasteiger charge is 2.34. The third-order valence-electron chi connectivity index (χ3n) is 2.92. The summed E-state index contributed by atoms with van der Waals surface area (Å²) in [6, 6.07) is 3.83. The Morgan fingerprint density at radius 2 is 1.94 bits per heavy atom. The maximum atomic E-state index is 11.7. The lowest BCUT2D eigenvalue weighted by atomic mass is 10.2. The SMILES string of the molecule is O=C(O)C1CCC(C(=O)NCCn2cccc2)O1. The number of aliphatic carboxylic acids is 1. The molecule has 2 atom stereocenters. The van der Waals surface area contributed by atoms with Crippen LogP contribution in [0.3, 0.4) is 0 Å². The summed E-state index contributed by atoms with van der Waals surface area (Å²) >= 11 is 0. The van der Waals surface area contributed by atoms with Gasteiger partial charge in [0.25, 0.3) is 0 Å². The summed E-state index contributed by atoms with van der Waals surface area (Å²) < 4.78 is 7.11. The van der Waals surface area contributed by atoms with Gasteiger partial charge in [0.1, 0.15) is 6.10 Å². The molecule has 1 amide bonds. The standard InChI is InChI=1S/C12H16N2O4/c15-11(9-3-4-10(18-9)12(16)17)13-5-8-14-6-1-2-7-14/h1-2,6-7,9-10H,3-5,8H2,(H,13,15)(H,16,17). The molecule has 2 unspecified atom stereocenters. The molecule has 1 aliphatic heterocycles. The molecular weight excluding hydrogens is 236 g/mol. The van der Waals surface area contributed by atoms with E-state index in [9.17, 15) is 9.59 Å². The Bertz CT molecular complexity index is 416. The number of ether oxygens (including phenoxy) is 1. The normalized spacial score (nSPS) is 22.9. The van der Waals surface area contributed by atoms with Gasteiger partial charge in [-0.3, -0.25) is 4.79 Å². The monoisotopic (exact) mass is 252 g/mol. The van der Waals surface area contributed by atoms with E-state index in [1.165, 1.54) is 0 Å². The summed E-state index contributed by atoms with van der Waals surface area (Å²) in [6.07, 6.45) is 3.22. The summed E-state index contributed by atoms with van der Waals surface area (Å²) in [5, 5.41) is 11.5. The number of carboxylic acid groups (broad SMARTS) is 1. The van der Waals surface area contributed by atoms with Gasteiger partial charge in [-0.05, 0) is 25.0 Å². The van der Waals surface area contributed by atoms with Crippen LogP contribution in [0.4, 0.5) is 0 Å². The minimum absolute atomic E-state index is 0.231. The first-order valence-corrected chi connectivity index (χ1v) is 5.93. The molecule has 2 rings (SSSR count). The zero-order valence-corrected chi connectivity index (χ0v) is 9.91. The van der Waals surface area contributed by atoms with E-state index in [0.29, 0.717) is 25.9 Å². The Kier molecular flexibility index (Phi) is 3.99. The molecule has 1 aliphatic rings. The molecule has 1 aromatic heterocycles. The van der Waals surface area contributed by atoms with Crippen molar-refractivity contribution in [2.45, 2.75) is 31.6 Å². The number of nitrogens with one attached hydrogen (secondary N) is 1. The van der Waals surface area contributed by atoms with Gasteiger partial charge in [-0.1, -0.05) is 0 Å². The summed E-state index contributed by atoms with van der Waals surface area (Å²) in [6.45, 7) is 1.19. The summed E-state index contributed by atoms with van der Waals surface area (Å²) in [5.41, 5.74) is 0. The van der Waals surface area contributed by atoms with E-state index in [1.54, 1.807) is 0 Å². The summed E-state index contributed by atoms with van der Waals surface area (Å²) in [5.74, 6) is -1.23. The van der Waals surface area contributed by atoms with Crippen molar-refractivity contribution >= 4 is 11.9 Å². The van der Waals surface area contributed by atoms with Crippen LogP contribution in [-0.2, 0) is 20.9 Å². The average Bonchev–Trinajstić information content (AvgIpc) is 2.99. The maximum absolute atomic E-state index is 11.7. The zero-order valence-electron chi connectivity index (χ0n) is 9.91. The van der Waals surface area contributed by atoms with Crippen LogP contribution >= 0.6 is 0 Å². The minimum Gasteiger partial charge on any atom is -0.479 e. The molecule has 6 heteroatoms. The number of carbonyl (C=O) groups excluding carboxylic acids is 1. The lowest BCUT2D eigenvalue weighted by Gasteiger charge is -2.12. The molecule has 1 aromatic rings. The third-order valence-corrected chi connectivity index (χ3v) is 2.92. The fourth-order valence-electron chi connectivity index (χ4n) is 1.95. The molecule has 0 aromatic carbocycles. The fourth-order valence-corrected chi connectivity index (χ4v) is 1.95. The van der Waals surface area contributed by atoms with E-state index in [0.717, 1.165) is 0 Å². The van der Waals surface area contributed by atoms with Gasteiger partial charge in [-0.25, -0.2) is 4.79 Å². The Balaban J connectivity index is 1.71. The van der Waals surface area contributed by atoms with Crippen LogP contribution in [0.5, 0.6) is 0 Å². The number of aromatic nitrogens is 1. The Labute approximate surface area is 105 Å². The van der Waals surface area contributed by atoms with Crippen LogP contribution in [-0.4, -0.2) is 40.3 Å². The molecule has 0 radical (unpaired) electrons. The number of nitrogens with zero attached hydrogens (tertiary/aromatic N) is 1. The molecule has 2 heterocycles. The second kappa shape index (κ2) is 5.68. The van der Waals surface area contributed by atoms with Gasteiger partial charge in [0.15, 0.2) is 6.10 Å². The molecule has 1 fully saturated rings. The Hall–Kier alpha value is -1.82. The second-order valence-electron chi connectivity index (χ2n) is 4.24. The van der Waals surface area contributed by atoms with Crippen molar-refractivity contribution in [1.82, 2.24) is 9.88 Å². The molecule has 6 nitrogen and oxygen atoms in total. The van der Waals surface area contributed by atoms with Crippen molar-refractivity contribution in [3.8, 4) is 0 Å². The highest BCUT2D eigenvalue weighted by Crippen LogP contribution is 2.19. The number of rotatable bonds is 5. The largest absolute Gasteiger partial charge is 0.479 e. The number of hydrogen-bond donors (Lipinski definition) is 2. The summed E-state index contributed by atoms with van der Waals surface area (Å²) in [4.78, 5) is 22.4. The number of carbonyl (C=O) groups is 2. The molecule has 18 heavy (non-hydrogen) atoms. The van der Waals surface area contributed by atoms with Gasteiger partial charge >= 0.3 is 5.97 Å². The number of amides is 1. The van der Waals surface area contributed by atoms with Crippen molar-refractivity contribution < 1.29 is 19.4 Å². The first-order valence-electron chi connectivity index (χ1n) is 5.93. The Morgan fingerprint density at radius 1 is 1.28 bits per heavy atom. The van der Waals surface area contributed by atoms with Crippen LogP contribution in [0, 0.1) is 0 Å². The summed E-state index contributed by atoms with van der Waals surface area (Å²) in [7, 11) is 0. The highest BCUT2D eigenvalue weighted by atomic mass is 16.5. The van der Waals surface area contributed by atoms with E-state index in [4.69, 9.17) is 9.84 Å². The highest BCUT2D eigenvalue weighted by molar-refractivity contribution is 5.82. The molecule has 98 valence electrons. The van der Waals surface area contributed by atoms with Gasteiger partial charge < -0.3 is 19.7 Å². The second-order valence-corrected chi connectivity index (χ2v) is 4.24. The van der Waals surface area contributed by atoms with Crippen molar-refractivity contribution in [2.24, 2.45) is 0 Å². The topological polar surface area (TPSA) is 80.6 Å². The van der Waals surface area contributed by atoms with Crippen LogP contribution in [0.1, 0.15) is 12.8 Å². The van der Waals surface area contributed by atoms with Gasteiger partial charge in [0, 0.05) is 25.5 Å². The quantitative estimate of drug-likeness (QED) is 0.786. The van der Waals surface area contributed by atoms with Gasteiger partial charge in [-0.2, -0.15) is 0 Å². The lowest BCUT2D eigenvalue weighted by Crippen LogP contribution is -2.37. The van der Waals surface area contributed by atoms with Crippen LogP contribution in [0.15, 0.2) is 24.5 Å². The van der Waals surface area contributed by atoms with E-state index in [-0.39, 0.29) is 5.91 Å². The molecule has 1 saturated heterocycles. The van der Waals surface area contributed by atoms with Gasteiger partial charge in [0.05, 0.1) is 0 Å². The number of hydrogen-bond acceptors (Lipinski definition) is 3. The predicted molar refractivity (Wildman–Crippen MR) is 63.0 cm³/mol. The van der Waals surface area contributed by atoms with Gasteiger partial charge in [0.2, 0.25) is 5.91 Å². The lowest BCUT2D eigenvalue weighted by molar-refractivity contribution is -0.151. The van der Waals surface area contributed by atoms with Crippen LogP contribution < -0.4 is 5.32 Å². The first kappa shape index (κ1) is 12.6. The Morgan fingerprint density at radius 3 is 2.56 bits per heavy atom. The fraction of sp³-hybridized carbons (Fsp3) is 0.500. The molecule has 0 spiro atoms. The molecule has 2 N–H and O–H groups in total. The number of carboxylic acids is 1. The third kappa shape index (κ3) is 3.10. The van der Waals surface area contributed by atoms with Gasteiger partial charge in [-0.15, -0.1) is 0 Å². The van der Waals surface area contributed by atoms with E-state index >= 15 is 0 Å². The van der Waals surface area contributed by atoms with Crippen molar-refractivity contribution in [1.29, 1.82) is 0 Å². The molecule has 0 saturated carbocycles. The van der Waals surface area contributed by atoms with E-state index in [2.05, 4.69) is 5.32 Å². The van der Waals surface area contributed by atoms with E-state index < -0.39 is 18.2 Å². The maximum Gasteiger partial charge on any atom is 0.332 e. The molecular formula is C12H16N2O4. The average molecular weight is 252 g/mol. The molecule has 0 aliphatic carbocycles. The smallest absolute Gasteiger partial charge is 0.332 e. The van der Waals surface area contributed by atoms with Crippen LogP contribution in [0.2, 0.25) is 0 Å². The van der Waals surface area contributed by atoms with Crippen molar-refractivity contribution in [3.63, 3.8) is 0 Å². The first-order chi connectivity index (χ1) is 8.66. The van der Waals surface area contributed by atoms with Crippen LogP contribution in [0.25, 0.3) is 0 Å². The minimum atomic E-state index is -1.00. The molecule has 0 bridgehead atoms. The van der Waals surface area contributed by atoms with Crippen molar-refractivity contribution in [3.05, 3.63) is 24.5 Å². The predicted octanol–water partition coefficient (Wildman–Crippen LogP) is 0.237. The van der Waals surface area contributed by atoms with E-state index in [1.807, 2.05) is 29.1 Å².